The Hall–Kier alpha value is -1.10. The maximum Gasteiger partial charge on any atom is 0.303 e. The molecule has 36 heavy (non-hydrogen) atoms. The largest absolute Gasteiger partial charge is 0.462 e. The highest BCUT2D eigenvalue weighted by Gasteiger charge is 2.68. The third-order valence-electron chi connectivity index (χ3n) is 11.6. The van der Waals surface area contributed by atoms with Crippen molar-refractivity contribution < 1.29 is 24.2 Å². The number of rotatable bonds is 7. The Bertz CT molecular complexity index is 824. The van der Waals surface area contributed by atoms with E-state index in [2.05, 4.69) is 34.6 Å². The standard InChI is InChI=1S/C31H52O5/c1-19(2)9-8-10-20(3)25-11-12-26-24-17-28(36-22(5)33)31(34)18-23(35-21(4)32)13-16-30(31,7)27(24)14-15-29(25,26)6/h19-20,23-28,34H,8-18H2,1-7H3/t20-,23-,24+,25-,26+,27+,28-,29-,30-,31+/m1/s1. The van der Waals surface area contributed by atoms with Crippen molar-refractivity contribution in [3.63, 3.8) is 0 Å². The van der Waals surface area contributed by atoms with Gasteiger partial charge in [0.2, 0.25) is 0 Å². The number of hydrogen-bond acceptors (Lipinski definition) is 5. The molecule has 0 aromatic carbocycles. The molecular formula is C31H52O5. The summed E-state index contributed by atoms with van der Waals surface area (Å²) in [5.41, 5.74) is -1.16. The molecular weight excluding hydrogens is 452 g/mol. The van der Waals surface area contributed by atoms with Gasteiger partial charge < -0.3 is 14.6 Å². The van der Waals surface area contributed by atoms with E-state index in [0.717, 1.165) is 43.4 Å². The van der Waals surface area contributed by atoms with Crippen molar-refractivity contribution in [3.05, 3.63) is 0 Å². The fourth-order valence-corrected chi connectivity index (χ4v) is 9.92. The van der Waals surface area contributed by atoms with E-state index in [9.17, 15) is 14.7 Å². The Labute approximate surface area is 219 Å². The average molecular weight is 505 g/mol. The van der Waals surface area contributed by atoms with E-state index in [4.69, 9.17) is 9.47 Å². The molecule has 1 N–H and O–H groups in total. The molecule has 0 unspecified atom stereocenters. The number of esters is 2. The Morgan fingerprint density at radius 1 is 0.917 bits per heavy atom. The Morgan fingerprint density at radius 3 is 2.25 bits per heavy atom. The minimum atomic E-state index is -1.16. The van der Waals surface area contributed by atoms with Crippen molar-refractivity contribution in [3.8, 4) is 0 Å². The number of hydrogen-bond donors (Lipinski definition) is 1. The van der Waals surface area contributed by atoms with Crippen molar-refractivity contribution in [1.29, 1.82) is 0 Å². The zero-order chi connectivity index (χ0) is 26.5. The monoisotopic (exact) mass is 504 g/mol. The highest BCUT2D eigenvalue weighted by Crippen LogP contribution is 2.69. The Morgan fingerprint density at radius 2 is 1.61 bits per heavy atom. The minimum Gasteiger partial charge on any atom is -0.462 e. The summed E-state index contributed by atoms with van der Waals surface area (Å²) in [4.78, 5) is 23.9. The quantitative estimate of drug-likeness (QED) is 0.391. The molecule has 0 radical (unpaired) electrons. The fraction of sp³-hybridized carbons (Fsp3) is 0.935. The lowest BCUT2D eigenvalue weighted by Gasteiger charge is -2.65. The van der Waals surface area contributed by atoms with Crippen LogP contribution in [-0.4, -0.2) is 34.9 Å². The molecule has 0 aliphatic heterocycles. The SMILES string of the molecule is CC(=O)O[C@@H]1CC[C@]2(C)[C@H]3CC[C@]4(C)[C@@H]([C@H](C)CCCC(C)C)CC[C@H]4[C@@H]3C[C@@H](OC(C)=O)[C@@]2(O)C1. The molecule has 0 aromatic heterocycles. The lowest BCUT2D eigenvalue weighted by molar-refractivity contribution is -0.271. The van der Waals surface area contributed by atoms with Gasteiger partial charge in [0.1, 0.15) is 17.8 Å². The first-order valence-corrected chi connectivity index (χ1v) is 14.9. The third-order valence-corrected chi connectivity index (χ3v) is 11.6. The van der Waals surface area contributed by atoms with E-state index in [1.165, 1.54) is 52.4 Å². The average Bonchev–Trinajstić information content (AvgIpc) is 3.12. The van der Waals surface area contributed by atoms with Crippen molar-refractivity contribution in [2.45, 2.75) is 137 Å². The third kappa shape index (κ3) is 4.76. The molecule has 4 aliphatic rings. The fourth-order valence-electron chi connectivity index (χ4n) is 9.92. The van der Waals surface area contributed by atoms with Crippen LogP contribution in [0.1, 0.15) is 119 Å². The van der Waals surface area contributed by atoms with Crippen LogP contribution in [0.25, 0.3) is 0 Å². The van der Waals surface area contributed by atoms with Crippen molar-refractivity contribution in [2.75, 3.05) is 0 Å². The molecule has 0 aromatic rings. The van der Waals surface area contributed by atoms with Crippen LogP contribution in [0.4, 0.5) is 0 Å². The first kappa shape index (κ1) is 27.9. The summed E-state index contributed by atoms with van der Waals surface area (Å²) in [6, 6.07) is 0. The van der Waals surface area contributed by atoms with E-state index in [1.54, 1.807) is 0 Å². The predicted molar refractivity (Wildman–Crippen MR) is 141 cm³/mol. The van der Waals surface area contributed by atoms with Crippen molar-refractivity contribution >= 4 is 11.9 Å². The molecule has 4 aliphatic carbocycles. The van der Waals surface area contributed by atoms with Crippen LogP contribution in [0.2, 0.25) is 0 Å². The number of carbonyl (C=O) groups is 2. The Kier molecular flexibility index (Phi) is 7.93. The van der Waals surface area contributed by atoms with Crippen LogP contribution in [0.3, 0.4) is 0 Å². The molecule has 0 amide bonds. The molecule has 0 saturated heterocycles. The molecule has 5 heteroatoms. The lowest BCUT2D eigenvalue weighted by atomic mass is 9.42. The molecule has 5 nitrogen and oxygen atoms in total. The first-order chi connectivity index (χ1) is 16.8. The number of carbonyl (C=O) groups excluding carboxylic acids is 2. The lowest BCUT2D eigenvalue weighted by Crippen LogP contribution is -2.69. The summed E-state index contributed by atoms with van der Waals surface area (Å²) in [5, 5.41) is 12.3. The van der Waals surface area contributed by atoms with Crippen LogP contribution < -0.4 is 0 Å². The number of fused-ring (bicyclic) bond motifs is 5. The molecule has 4 saturated carbocycles. The van der Waals surface area contributed by atoms with E-state index in [1.807, 2.05) is 0 Å². The molecule has 4 rings (SSSR count). The smallest absolute Gasteiger partial charge is 0.303 e. The second kappa shape index (κ2) is 10.2. The zero-order valence-corrected chi connectivity index (χ0v) is 24.0. The maximum absolute atomic E-state index is 12.3. The van der Waals surface area contributed by atoms with Gasteiger partial charge in [-0.05, 0) is 85.9 Å². The number of ether oxygens (including phenoxy) is 2. The molecule has 10 atom stereocenters. The summed E-state index contributed by atoms with van der Waals surface area (Å²) >= 11 is 0. The van der Waals surface area contributed by atoms with Crippen LogP contribution in [0, 0.1) is 46.3 Å². The summed E-state index contributed by atoms with van der Waals surface area (Å²) in [7, 11) is 0. The van der Waals surface area contributed by atoms with Gasteiger partial charge in [-0.2, -0.15) is 0 Å². The molecule has 0 spiro atoms. The van der Waals surface area contributed by atoms with Crippen LogP contribution in [0.5, 0.6) is 0 Å². The van der Waals surface area contributed by atoms with Gasteiger partial charge in [0.15, 0.2) is 0 Å². The highest BCUT2D eigenvalue weighted by atomic mass is 16.6. The summed E-state index contributed by atoms with van der Waals surface area (Å²) in [6.07, 6.45) is 10.7. The van der Waals surface area contributed by atoms with Gasteiger partial charge in [0.25, 0.3) is 0 Å². The van der Waals surface area contributed by atoms with E-state index in [0.29, 0.717) is 29.6 Å². The first-order valence-electron chi connectivity index (χ1n) is 14.9. The Balaban J connectivity index is 1.59. The normalized spacial score (nSPS) is 44.8. The zero-order valence-electron chi connectivity index (χ0n) is 24.0. The highest BCUT2D eigenvalue weighted by molar-refractivity contribution is 5.66. The summed E-state index contributed by atoms with van der Waals surface area (Å²) in [6.45, 7) is 14.8. The van der Waals surface area contributed by atoms with Gasteiger partial charge in [-0.1, -0.05) is 53.9 Å². The predicted octanol–water partition coefficient (Wildman–Crippen LogP) is 6.70. The molecule has 0 bridgehead atoms. The van der Waals surface area contributed by atoms with Crippen molar-refractivity contribution in [2.24, 2.45) is 46.3 Å². The van der Waals surface area contributed by atoms with Crippen LogP contribution in [0.15, 0.2) is 0 Å². The van der Waals surface area contributed by atoms with Crippen molar-refractivity contribution in [1.82, 2.24) is 0 Å². The topological polar surface area (TPSA) is 72.8 Å². The van der Waals surface area contributed by atoms with Gasteiger partial charge in [-0.25, -0.2) is 0 Å². The van der Waals surface area contributed by atoms with Gasteiger partial charge in [0.05, 0.1) is 0 Å². The summed E-state index contributed by atoms with van der Waals surface area (Å²) in [5.74, 6) is 3.15. The van der Waals surface area contributed by atoms with Gasteiger partial charge in [-0.3, -0.25) is 9.59 Å². The second-order valence-corrected chi connectivity index (χ2v) is 14.1. The maximum atomic E-state index is 12.3. The molecule has 0 heterocycles. The van der Waals surface area contributed by atoms with Gasteiger partial charge in [0, 0.05) is 25.7 Å². The van der Waals surface area contributed by atoms with Crippen LogP contribution in [-0.2, 0) is 19.1 Å². The number of aliphatic hydroxyl groups is 1. The minimum absolute atomic E-state index is 0.308. The van der Waals surface area contributed by atoms with Gasteiger partial charge >= 0.3 is 11.9 Å². The van der Waals surface area contributed by atoms with Gasteiger partial charge in [-0.15, -0.1) is 0 Å². The van der Waals surface area contributed by atoms with Crippen LogP contribution >= 0.6 is 0 Å². The van der Waals surface area contributed by atoms with E-state index >= 15 is 0 Å². The van der Waals surface area contributed by atoms with E-state index in [-0.39, 0.29) is 23.5 Å². The molecule has 4 fully saturated rings. The second-order valence-electron chi connectivity index (χ2n) is 14.1. The summed E-state index contributed by atoms with van der Waals surface area (Å²) < 4.78 is 11.5. The molecule has 206 valence electrons. The van der Waals surface area contributed by atoms with E-state index < -0.39 is 11.7 Å².